The Bertz CT molecular complexity index is 937. The predicted octanol–water partition coefficient (Wildman–Crippen LogP) is 3.94. The van der Waals surface area contributed by atoms with Gasteiger partial charge in [-0.15, -0.1) is 12.4 Å². The molecule has 4 rings (SSSR count). The molecule has 0 aliphatic carbocycles. The summed E-state index contributed by atoms with van der Waals surface area (Å²) in [6, 6.07) is 20.6. The molecule has 1 fully saturated rings. The number of hydrogen-bond acceptors (Lipinski definition) is 4. The van der Waals surface area contributed by atoms with Gasteiger partial charge in [0.2, 0.25) is 5.91 Å². The summed E-state index contributed by atoms with van der Waals surface area (Å²) in [6.45, 7) is 6.45. The van der Waals surface area contributed by atoms with E-state index in [2.05, 4.69) is 51.5 Å². The minimum absolute atomic E-state index is 0. The maximum atomic E-state index is 11.1. The number of anilines is 2. The Kier molecular flexibility index (Phi) is 6.49. The Morgan fingerprint density at radius 1 is 0.964 bits per heavy atom. The van der Waals surface area contributed by atoms with Crippen LogP contribution in [0.2, 0.25) is 0 Å². The molecule has 0 saturated carbocycles. The molecule has 1 saturated heterocycles. The number of fused-ring (bicyclic) bond motifs is 1. The maximum absolute atomic E-state index is 11.1. The van der Waals surface area contributed by atoms with Gasteiger partial charge in [-0.1, -0.05) is 30.3 Å². The van der Waals surface area contributed by atoms with Crippen LogP contribution in [0.15, 0.2) is 60.7 Å². The van der Waals surface area contributed by atoms with Gasteiger partial charge in [0.15, 0.2) is 0 Å². The third-order valence-electron chi connectivity index (χ3n) is 4.96. The standard InChI is InChI=1S/C22H24N4O.ClH/c1-17(27)23-20-9-6-18(7-10-20)16-25-12-14-26(15-13-25)22-11-8-19-4-2-3-5-21(19)24-22;/h2-11H,12-16H2,1H3,(H,23,27);1H. The maximum Gasteiger partial charge on any atom is 0.221 e. The zero-order chi connectivity index (χ0) is 18.6. The van der Waals surface area contributed by atoms with Crippen molar-refractivity contribution in [2.75, 3.05) is 36.4 Å². The zero-order valence-electron chi connectivity index (χ0n) is 16.0. The molecule has 6 heteroatoms. The highest BCUT2D eigenvalue weighted by Gasteiger charge is 2.18. The number of hydrogen-bond donors (Lipinski definition) is 1. The van der Waals surface area contributed by atoms with Gasteiger partial charge in [0.1, 0.15) is 5.82 Å². The normalized spacial score (nSPS) is 14.5. The highest BCUT2D eigenvalue weighted by Crippen LogP contribution is 2.20. The number of carbonyl (C=O) groups excluding carboxylic acids is 1. The summed E-state index contributed by atoms with van der Waals surface area (Å²) >= 11 is 0. The number of aromatic nitrogens is 1. The summed E-state index contributed by atoms with van der Waals surface area (Å²) < 4.78 is 0. The van der Waals surface area contributed by atoms with Crippen molar-refractivity contribution in [2.24, 2.45) is 0 Å². The van der Waals surface area contributed by atoms with Gasteiger partial charge in [0, 0.05) is 50.7 Å². The van der Waals surface area contributed by atoms with Crippen LogP contribution >= 0.6 is 12.4 Å². The van der Waals surface area contributed by atoms with Crippen LogP contribution in [0.5, 0.6) is 0 Å². The molecular weight excluding hydrogens is 372 g/mol. The second-order valence-corrected chi connectivity index (χ2v) is 7.00. The Balaban J connectivity index is 0.00000225. The van der Waals surface area contributed by atoms with Gasteiger partial charge in [0.05, 0.1) is 5.52 Å². The Hall–Kier alpha value is -2.63. The van der Waals surface area contributed by atoms with E-state index in [0.29, 0.717) is 0 Å². The number of carbonyl (C=O) groups is 1. The van der Waals surface area contributed by atoms with Gasteiger partial charge < -0.3 is 10.2 Å². The van der Waals surface area contributed by atoms with E-state index in [1.165, 1.54) is 17.9 Å². The van der Waals surface area contributed by atoms with Gasteiger partial charge in [-0.3, -0.25) is 9.69 Å². The predicted molar refractivity (Wildman–Crippen MR) is 117 cm³/mol. The molecule has 0 spiro atoms. The van der Waals surface area contributed by atoms with Crippen LogP contribution in [-0.2, 0) is 11.3 Å². The first-order chi connectivity index (χ1) is 13.2. The monoisotopic (exact) mass is 396 g/mol. The lowest BCUT2D eigenvalue weighted by Gasteiger charge is -2.35. The SMILES string of the molecule is CC(=O)Nc1ccc(CN2CCN(c3ccc4ccccc4n3)CC2)cc1.Cl. The van der Waals surface area contributed by atoms with Gasteiger partial charge in [-0.2, -0.15) is 0 Å². The molecule has 146 valence electrons. The summed E-state index contributed by atoms with van der Waals surface area (Å²) in [5.41, 5.74) is 3.16. The van der Waals surface area contributed by atoms with E-state index in [9.17, 15) is 4.79 Å². The molecule has 1 N–H and O–H groups in total. The molecule has 0 atom stereocenters. The van der Waals surface area contributed by atoms with E-state index in [-0.39, 0.29) is 18.3 Å². The van der Waals surface area contributed by atoms with Crippen molar-refractivity contribution < 1.29 is 4.79 Å². The minimum atomic E-state index is -0.0406. The van der Waals surface area contributed by atoms with Crippen LogP contribution in [0.1, 0.15) is 12.5 Å². The third-order valence-corrected chi connectivity index (χ3v) is 4.96. The van der Waals surface area contributed by atoms with Gasteiger partial charge in [-0.25, -0.2) is 4.98 Å². The summed E-state index contributed by atoms with van der Waals surface area (Å²) in [7, 11) is 0. The quantitative estimate of drug-likeness (QED) is 0.725. The molecule has 28 heavy (non-hydrogen) atoms. The van der Waals surface area contributed by atoms with Crippen LogP contribution in [0, 0.1) is 0 Å². The number of para-hydroxylation sites is 1. The van der Waals surface area contributed by atoms with Crippen molar-refractivity contribution in [1.29, 1.82) is 0 Å². The highest BCUT2D eigenvalue weighted by atomic mass is 35.5. The number of piperazine rings is 1. The smallest absolute Gasteiger partial charge is 0.221 e. The van der Waals surface area contributed by atoms with E-state index in [4.69, 9.17) is 4.98 Å². The first kappa shape index (κ1) is 20.1. The van der Waals surface area contributed by atoms with Crippen molar-refractivity contribution >= 4 is 40.7 Å². The Labute approximate surface area is 171 Å². The van der Waals surface area contributed by atoms with Crippen LogP contribution in [0.3, 0.4) is 0 Å². The molecule has 2 heterocycles. The zero-order valence-corrected chi connectivity index (χ0v) is 16.8. The molecule has 1 aliphatic heterocycles. The molecule has 1 aliphatic rings. The minimum Gasteiger partial charge on any atom is -0.354 e. The van der Waals surface area contributed by atoms with E-state index < -0.39 is 0 Å². The lowest BCUT2D eigenvalue weighted by atomic mass is 10.1. The number of benzene rings is 2. The molecule has 2 aromatic carbocycles. The molecule has 0 unspecified atom stereocenters. The average Bonchev–Trinajstić information content (AvgIpc) is 2.69. The summed E-state index contributed by atoms with van der Waals surface area (Å²) in [5, 5.41) is 3.99. The molecule has 0 radical (unpaired) electrons. The number of nitrogens with one attached hydrogen (secondary N) is 1. The number of nitrogens with zero attached hydrogens (tertiary/aromatic N) is 3. The van der Waals surface area contributed by atoms with Gasteiger partial charge in [0.25, 0.3) is 0 Å². The second kappa shape index (κ2) is 9.04. The fourth-order valence-electron chi connectivity index (χ4n) is 3.52. The fraction of sp³-hybridized carbons (Fsp3) is 0.273. The van der Waals surface area contributed by atoms with Crippen molar-refractivity contribution in [3.8, 4) is 0 Å². The van der Waals surface area contributed by atoms with E-state index in [0.717, 1.165) is 49.7 Å². The summed E-state index contributed by atoms with van der Waals surface area (Å²) in [5.74, 6) is 1.02. The van der Waals surface area contributed by atoms with Gasteiger partial charge >= 0.3 is 0 Å². The van der Waals surface area contributed by atoms with E-state index in [1.807, 2.05) is 24.3 Å². The molecule has 1 aromatic heterocycles. The number of pyridine rings is 1. The topological polar surface area (TPSA) is 48.5 Å². The lowest BCUT2D eigenvalue weighted by molar-refractivity contribution is -0.114. The van der Waals surface area contributed by atoms with Crippen LogP contribution in [-0.4, -0.2) is 42.0 Å². The second-order valence-electron chi connectivity index (χ2n) is 7.00. The molecule has 1 amide bonds. The number of halogens is 1. The largest absolute Gasteiger partial charge is 0.354 e. The van der Waals surface area contributed by atoms with Crippen molar-refractivity contribution in [3.63, 3.8) is 0 Å². The van der Waals surface area contributed by atoms with Crippen LogP contribution < -0.4 is 10.2 Å². The Morgan fingerprint density at radius 2 is 1.68 bits per heavy atom. The number of amides is 1. The van der Waals surface area contributed by atoms with E-state index in [1.54, 1.807) is 0 Å². The molecule has 3 aromatic rings. The molecule has 0 bridgehead atoms. The molecular formula is C22H25ClN4O. The van der Waals surface area contributed by atoms with Gasteiger partial charge in [-0.05, 0) is 35.9 Å². The first-order valence-electron chi connectivity index (χ1n) is 9.37. The summed E-state index contributed by atoms with van der Waals surface area (Å²) in [6.07, 6.45) is 0. The lowest BCUT2D eigenvalue weighted by Crippen LogP contribution is -2.46. The van der Waals surface area contributed by atoms with Crippen molar-refractivity contribution in [2.45, 2.75) is 13.5 Å². The summed E-state index contributed by atoms with van der Waals surface area (Å²) in [4.78, 5) is 20.7. The van der Waals surface area contributed by atoms with Crippen LogP contribution in [0.25, 0.3) is 10.9 Å². The van der Waals surface area contributed by atoms with Crippen molar-refractivity contribution in [3.05, 3.63) is 66.2 Å². The number of rotatable bonds is 4. The third kappa shape index (κ3) is 4.80. The highest BCUT2D eigenvalue weighted by molar-refractivity contribution is 5.88. The fourth-order valence-corrected chi connectivity index (χ4v) is 3.52. The Morgan fingerprint density at radius 3 is 2.39 bits per heavy atom. The van der Waals surface area contributed by atoms with E-state index >= 15 is 0 Å². The first-order valence-corrected chi connectivity index (χ1v) is 9.37. The molecule has 5 nitrogen and oxygen atoms in total. The van der Waals surface area contributed by atoms with Crippen molar-refractivity contribution in [1.82, 2.24) is 9.88 Å². The van der Waals surface area contributed by atoms with Crippen LogP contribution in [0.4, 0.5) is 11.5 Å². The average molecular weight is 397 g/mol.